The van der Waals surface area contributed by atoms with Crippen molar-refractivity contribution in [3.8, 4) is 0 Å². The number of aromatic carboxylic acids is 1. The van der Waals surface area contributed by atoms with Gasteiger partial charge in [-0.3, -0.25) is 9.36 Å². The van der Waals surface area contributed by atoms with Crippen molar-refractivity contribution in [2.45, 2.75) is 25.4 Å². The van der Waals surface area contributed by atoms with Crippen LogP contribution in [0.4, 0.5) is 15.3 Å². The Morgan fingerprint density at radius 1 is 1.09 bits per heavy atom. The second-order valence-corrected chi connectivity index (χ2v) is 7.77. The van der Waals surface area contributed by atoms with Gasteiger partial charge < -0.3 is 26.4 Å². The summed E-state index contributed by atoms with van der Waals surface area (Å²) < 4.78 is 1.25. The number of nitrogens with one attached hydrogen (secondary N) is 2. The number of hydrogen-bond acceptors (Lipinski definition) is 4. The lowest BCUT2D eigenvalue weighted by atomic mass is 10.1. The molecule has 2 aromatic carbocycles. The van der Waals surface area contributed by atoms with Crippen molar-refractivity contribution in [3.05, 3.63) is 65.9 Å². The molecule has 170 valence electrons. The number of urea groups is 1. The largest absolute Gasteiger partial charge is 0.478 e. The Labute approximate surface area is 189 Å². The molecule has 1 saturated heterocycles. The Balaban J connectivity index is 1.45. The summed E-state index contributed by atoms with van der Waals surface area (Å²) in [6, 6.07) is 11.6. The van der Waals surface area contributed by atoms with Crippen LogP contribution in [-0.2, 0) is 11.3 Å². The second-order valence-electron chi connectivity index (χ2n) is 7.77. The zero-order valence-corrected chi connectivity index (χ0v) is 17.7. The predicted octanol–water partition coefficient (Wildman–Crippen LogP) is 2.58. The lowest BCUT2D eigenvalue weighted by Crippen LogP contribution is -2.47. The van der Waals surface area contributed by atoms with E-state index in [0.717, 1.165) is 0 Å². The lowest BCUT2D eigenvalue weighted by Gasteiger charge is -2.24. The summed E-state index contributed by atoms with van der Waals surface area (Å²) in [6.45, 7) is 0.560. The van der Waals surface area contributed by atoms with E-state index in [9.17, 15) is 19.2 Å². The first-order valence-corrected chi connectivity index (χ1v) is 10.4. The van der Waals surface area contributed by atoms with Crippen LogP contribution in [0.2, 0.25) is 0 Å². The summed E-state index contributed by atoms with van der Waals surface area (Å²) in [5, 5.41) is 15.3. The van der Waals surface area contributed by atoms with Crippen LogP contribution < -0.4 is 16.4 Å². The van der Waals surface area contributed by atoms with E-state index in [-0.39, 0.29) is 18.0 Å². The molecule has 0 unspecified atom stereocenters. The number of nitrogens with two attached hydrogens (primary N) is 1. The molecule has 0 bridgehead atoms. The molecule has 2 heterocycles. The van der Waals surface area contributed by atoms with Gasteiger partial charge in [0.05, 0.1) is 16.8 Å². The van der Waals surface area contributed by atoms with Crippen LogP contribution in [-0.4, -0.2) is 51.1 Å². The molecule has 1 aliphatic heterocycles. The molecule has 0 spiro atoms. The van der Waals surface area contributed by atoms with E-state index >= 15 is 0 Å². The molecular weight excluding hydrogens is 426 g/mol. The highest BCUT2D eigenvalue weighted by Crippen LogP contribution is 2.27. The van der Waals surface area contributed by atoms with Gasteiger partial charge in [-0.1, -0.05) is 30.3 Å². The van der Waals surface area contributed by atoms with E-state index in [2.05, 4.69) is 10.6 Å². The second kappa shape index (κ2) is 9.03. The zero-order valence-electron chi connectivity index (χ0n) is 17.7. The summed E-state index contributed by atoms with van der Waals surface area (Å²) in [7, 11) is 0. The van der Waals surface area contributed by atoms with Crippen LogP contribution in [0.15, 0.2) is 54.7 Å². The molecule has 1 aromatic heterocycles. The summed E-state index contributed by atoms with van der Waals surface area (Å²) in [4.78, 5) is 50.1. The summed E-state index contributed by atoms with van der Waals surface area (Å²) in [6.07, 6.45) is 2.64. The van der Waals surface area contributed by atoms with Crippen molar-refractivity contribution in [1.82, 2.24) is 14.8 Å². The van der Waals surface area contributed by atoms with Gasteiger partial charge in [-0.15, -0.1) is 0 Å². The summed E-state index contributed by atoms with van der Waals surface area (Å²) in [5.41, 5.74) is 7.21. The molecule has 5 N–H and O–H groups in total. The molecule has 0 aliphatic carbocycles. The van der Waals surface area contributed by atoms with Gasteiger partial charge in [0.25, 0.3) is 0 Å². The molecule has 10 nitrogen and oxygen atoms in total. The minimum atomic E-state index is -1.04. The molecule has 4 rings (SSSR count). The maximum absolute atomic E-state index is 13.0. The maximum atomic E-state index is 13.0. The fourth-order valence-electron chi connectivity index (χ4n) is 4.05. The average molecular weight is 449 g/mol. The first-order chi connectivity index (χ1) is 15.8. The van der Waals surface area contributed by atoms with E-state index in [1.54, 1.807) is 36.4 Å². The Morgan fingerprint density at radius 3 is 2.64 bits per heavy atom. The van der Waals surface area contributed by atoms with Crippen LogP contribution in [0.3, 0.4) is 0 Å². The molecule has 10 heteroatoms. The summed E-state index contributed by atoms with van der Waals surface area (Å²) in [5.74, 6) is -1.36. The fourth-order valence-corrected chi connectivity index (χ4v) is 4.05. The van der Waals surface area contributed by atoms with Crippen LogP contribution >= 0.6 is 0 Å². The number of benzene rings is 2. The Kier molecular flexibility index (Phi) is 5.99. The molecule has 4 amide bonds. The predicted molar refractivity (Wildman–Crippen MR) is 121 cm³/mol. The van der Waals surface area contributed by atoms with E-state index in [1.165, 1.54) is 27.8 Å². The highest BCUT2D eigenvalue weighted by atomic mass is 16.4. The van der Waals surface area contributed by atoms with Crippen molar-refractivity contribution in [2.24, 2.45) is 5.73 Å². The molecule has 1 aliphatic rings. The van der Waals surface area contributed by atoms with E-state index in [4.69, 9.17) is 10.8 Å². The van der Waals surface area contributed by atoms with Crippen LogP contribution in [0, 0.1) is 0 Å². The van der Waals surface area contributed by atoms with Gasteiger partial charge in [0.1, 0.15) is 6.04 Å². The molecule has 0 saturated carbocycles. The molecule has 3 aromatic rings. The number of carboxylic acids is 1. The van der Waals surface area contributed by atoms with E-state index in [1.807, 2.05) is 0 Å². The normalized spacial score (nSPS) is 15.4. The molecule has 0 radical (unpaired) electrons. The van der Waals surface area contributed by atoms with Gasteiger partial charge in [0, 0.05) is 24.7 Å². The lowest BCUT2D eigenvalue weighted by molar-refractivity contribution is -0.124. The van der Waals surface area contributed by atoms with Crippen LogP contribution in [0.1, 0.15) is 28.8 Å². The number of carbonyl (C=O) groups is 4. The zero-order chi connectivity index (χ0) is 23.5. The van der Waals surface area contributed by atoms with Crippen molar-refractivity contribution in [3.63, 3.8) is 0 Å². The third kappa shape index (κ3) is 4.49. The van der Waals surface area contributed by atoms with Gasteiger partial charge >= 0.3 is 18.0 Å². The number of primary amides is 1. The van der Waals surface area contributed by atoms with Gasteiger partial charge in [-0.05, 0) is 36.6 Å². The maximum Gasteiger partial charge on any atom is 0.335 e. The Hall–Kier alpha value is -4.34. The fraction of sp³-hybridized carbons (Fsp3) is 0.217. The first-order valence-electron chi connectivity index (χ1n) is 10.4. The van der Waals surface area contributed by atoms with Crippen LogP contribution in [0.5, 0.6) is 0 Å². The SMILES string of the molecule is NC(=O)n1cc(NC(=O)N2CCC[C@H]2C(=O)NCc2cccc(C(=O)O)c2)c2ccccc21. The number of carboxylic acid groups (broad SMARTS) is 1. The van der Waals surface area contributed by atoms with Gasteiger partial charge in [-0.25, -0.2) is 14.4 Å². The van der Waals surface area contributed by atoms with Crippen molar-refractivity contribution in [1.29, 1.82) is 0 Å². The van der Waals surface area contributed by atoms with Crippen molar-refractivity contribution in [2.75, 3.05) is 11.9 Å². The molecular formula is C23H23N5O5. The van der Waals surface area contributed by atoms with Gasteiger partial charge in [0.15, 0.2) is 0 Å². The third-order valence-corrected chi connectivity index (χ3v) is 5.65. The Bertz CT molecular complexity index is 1250. The average Bonchev–Trinajstić information content (AvgIpc) is 3.43. The minimum absolute atomic E-state index is 0.138. The number of para-hydroxylation sites is 1. The smallest absolute Gasteiger partial charge is 0.335 e. The van der Waals surface area contributed by atoms with Crippen molar-refractivity contribution >= 4 is 40.5 Å². The molecule has 1 atom stereocenters. The number of likely N-dealkylation sites (tertiary alicyclic amines) is 1. The summed E-state index contributed by atoms with van der Waals surface area (Å²) >= 11 is 0. The Morgan fingerprint density at radius 2 is 1.88 bits per heavy atom. The number of carbonyl (C=O) groups excluding carboxylic acids is 3. The molecule has 1 fully saturated rings. The van der Waals surface area contributed by atoms with Gasteiger partial charge in [-0.2, -0.15) is 0 Å². The number of nitrogens with zero attached hydrogens (tertiary/aromatic N) is 2. The number of anilines is 1. The monoisotopic (exact) mass is 449 g/mol. The minimum Gasteiger partial charge on any atom is -0.478 e. The molecule has 33 heavy (non-hydrogen) atoms. The van der Waals surface area contributed by atoms with Gasteiger partial charge in [0.2, 0.25) is 5.91 Å². The number of aromatic nitrogens is 1. The first kappa shape index (κ1) is 21.9. The van der Waals surface area contributed by atoms with Crippen LogP contribution in [0.25, 0.3) is 10.9 Å². The van der Waals surface area contributed by atoms with E-state index in [0.29, 0.717) is 41.5 Å². The number of hydrogen-bond donors (Lipinski definition) is 4. The van der Waals surface area contributed by atoms with E-state index < -0.39 is 24.1 Å². The third-order valence-electron chi connectivity index (χ3n) is 5.65. The number of amides is 4. The highest BCUT2D eigenvalue weighted by molar-refractivity contribution is 6.05. The topological polar surface area (TPSA) is 147 Å². The number of fused-ring (bicyclic) bond motifs is 1. The van der Waals surface area contributed by atoms with Crippen molar-refractivity contribution < 1.29 is 24.3 Å². The number of rotatable bonds is 5. The highest BCUT2D eigenvalue weighted by Gasteiger charge is 2.34. The standard InChI is InChI=1S/C23H23N5O5/c24-22(32)28-13-17(16-7-1-2-8-18(16)28)26-23(33)27-10-4-9-19(27)20(29)25-12-14-5-3-6-15(11-14)21(30)31/h1-3,5-8,11,13,19H,4,9-10,12H2,(H2,24,32)(H,25,29)(H,26,33)(H,30,31)/t19-/m0/s1. The quantitative estimate of drug-likeness (QED) is 0.473.